The molecule has 14 heavy (non-hydrogen) atoms. The number of rotatable bonds is 2. The molecule has 0 aromatic heterocycles. The number of hydrogen-bond acceptors (Lipinski definition) is 2. The summed E-state index contributed by atoms with van der Waals surface area (Å²) >= 11 is 0. The Balaban J connectivity index is 2.24. The highest BCUT2D eigenvalue weighted by Gasteiger charge is 2.50. The van der Waals surface area contributed by atoms with Crippen LogP contribution in [0.4, 0.5) is 0 Å². The van der Waals surface area contributed by atoms with Gasteiger partial charge in [-0.1, -0.05) is 6.42 Å². The van der Waals surface area contributed by atoms with E-state index >= 15 is 0 Å². The lowest BCUT2D eigenvalue weighted by Gasteiger charge is -2.35. The Labute approximate surface area is 86.1 Å². The highest BCUT2D eigenvalue weighted by Crippen LogP contribution is 2.53. The summed E-state index contributed by atoms with van der Waals surface area (Å²) in [6.07, 6.45) is 4.79. The first kappa shape index (κ1) is 10.4. The van der Waals surface area contributed by atoms with Gasteiger partial charge in [0.25, 0.3) is 0 Å². The van der Waals surface area contributed by atoms with Gasteiger partial charge < -0.3 is 0 Å². The van der Waals surface area contributed by atoms with E-state index < -0.39 is 14.8 Å². The first-order chi connectivity index (χ1) is 6.32. The molecule has 82 valence electrons. The predicted molar refractivity (Wildman–Crippen MR) is 56.1 cm³/mol. The Kier molecular flexibility index (Phi) is 2.20. The first-order valence-corrected chi connectivity index (χ1v) is 6.89. The third kappa shape index (κ3) is 1.39. The molecular weight excluding hydrogens is 198 g/mol. The monoisotopic (exact) mass is 217 g/mol. The van der Waals surface area contributed by atoms with E-state index in [0.29, 0.717) is 5.92 Å². The maximum atomic E-state index is 11.5. The van der Waals surface area contributed by atoms with Crippen LogP contribution < -0.4 is 5.14 Å². The van der Waals surface area contributed by atoms with Crippen LogP contribution in [-0.4, -0.2) is 13.2 Å². The molecule has 2 bridgehead atoms. The van der Waals surface area contributed by atoms with E-state index in [9.17, 15) is 8.42 Å². The van der Waals surface area contributed by atoms with Crippen LogP contribution in [0.5, 0.6) is 0 Å². The van der Waals surface area contributed by atoms with Gasteiger partial charge in [-0.2, -0.15) is 0 Å². The van der Waals surface area contributed by atoms with E-state index in [1.54, 1.807) is 13.8 Å². The zero-order valence-corrected chi connectivity index (χ0v) is 9.68. The summed E-state index contributed by atoms with van der Waals surface area (Å²) in [5, 5.41) is 5.30. The predicted octanol–water partition coefficient (Wildman–Crippen LogP) is 1.49. The molecule has 2 aliphatic rings. The van der Waals surface area contributed by atoms with Gasteiger partial charge in [0.15, 0.2) is 0 Å². The second-order valence-corrected chi connectivity index (χ2v) is 7.57. The number of sulfonamides is 1. The Hall–Kier alpha value is -0.0900. The van der Waals surface area contributed by atoms with Gasteiger partial charge in [0.2, 0.25) is 10.0 Å². The van der Waals surface area contributed by atoms with E-state index in [4.69, 9.17) is 5.14 Å². The van der Waals surface area contributed by atoms with Crippen molar-refractivity contribution in [2.75, 3.05) is 0 Å². The van der Waals surface area contributed by atoms with Gasteiger partial charge in [-0.25, -0.2) is 13.6 Å². The maximum Gasteiger partial charge on any atom is 0.214 e. The summed E-state index contributed by atoms with van der Waals surface area (Å²) in [6.45, 7) is 3.57. The van der Waals surface area contributed by atoms with E-state index in [1.807, 2.05) is 0 Å². The fraction of sp³-hybridized carbons (Fsp3) is 1.00. The SMILES string of the molecule is CC(C)(C1CC2CCC1C2)S(N)(=O)=O. The van der Waals surface area contributed by atoms with Crippen LogP contribution in [0, 0.1) is 17.8 Å². The van der Waals surface area contributed by atoms with Crippen LogP contribution >= 0.6 is 0 Å². The minimum absolute atomic E-state index is 0.288. The van der Waals surface area contributed by atoms with Crippen LogP contribution in [0.15, 0.2) is 0 Å². The van der Waals surface area contributed by atoms with Crippen molar-refractivity contribution in [3.05, 3.63) is 0 Å². The van der Waals surface area contributed by atoms with Gasteiger partial charge in [-0.15, -0.1) is 0 Å². The summed E-state index contributed by atoms with van der Waals surface area (Å²) in [7, 11) is -3.41. The molecule has 0 aromatic carbocycles. The van der Waals surface area contributed by atoms with Gasteiger partial charge in [-0.05, 0) is 50.9 Å². The molecule has 0 amide bonds. The highest BCUT2D eigenvalue weighted by molar-refractivity contribution is 7.90. The molecular formula is C10H19NO2S. The minimum atomic E-state index is -3.41. The van der Waals surface area contributed by atoms with Crippen molar-refractivity contribution in [2.45, 2.75) is 44.3 Å². The van der Waals surface area contributed by atoms with Crippen LogP contribution in [0.3, 0.4) is 0 Å². The number of primary sulfonamides is 1. The molecule has 0 aromatic rings. The van der Waals surface area contributed by atoms with Crippen molar-refractivity contribution in [1.29, 1.82) is 0 Å². The average Bonchev–Trinajstić information content (AvgIpc) is 2.61. The lowest BCUT2D eigenvalue weighted by molar-refractivity contribution is 0.270. The summed E-state index contributed by atoms with van der Waals surface area (Å²) in [5.41, 5.74) is 0. The maximum absolute atomic E-state index is 11.5. The van der Waals surface area contributed by atoms with Crippen LogP contribution in [0.25, 0.3) is 0 Å². The fourth-order valence-electron chi connectivity index (χ4n) is 3.31. The van der Waals surface area contributed by atoms with E-state index in [-0.39, 0.29) is 5.92 Å². The normalized spacial score (nSPS) is 37.8. The molecule has 4 heteroatoms. The molecule has 2 saturated carbocycles. The summed E-state index contributed by atoms with van der Waals surface area (Å²) in [4.78, 5) is 0. The summed E-state index contributed by atoms with van der Waals surface area (Å²) in [6, 6.07) is 0. The van der Waals surface area contributed by atoms with Crippen molar-refractivity contribution in [3.63, 3.8) is 0 Å². The van der Waals surface area contributed by atoms with Crippen LogP contribution in [-0.2, 0) is 10.0 Å². The molecule has 3 atom stereocenters. The Morgan fingerprint density at radius 3 is 2.21 bits per heavy atom. The van der Waals surface area contributed by atoms with Crippen molar-refractivity contribution < 1.29 is 8.42 Å². The molecule has 2 fully saturated rings. The number of hydrogen-bond donors (Lipinski definition) is 1. The van der Waals surface area contributed by atoms with Gasteiger partial charge in [-0.3, -0.25) is 0 Å². The van der Waals surface area contributed by atoms with Crippen molar-refractivity contribution >= 4 is 10.0 Å². The van der Waals surface area contributed by atoms with Crippen LogP contribution in [0.2, 0.25) is 0 Å². The average molecular weight is 217 g/mol. The zero-order chi connectivity index (χ0) is 10.6. The van der Waals surface area contributed by atoms with Crippen LogP contribution in [0.1, 0.15) is 39.5 Å². The molecule has 0 heterocycles. The van der Waals surface area contributed by atoms with Crippen molar-refractivity contribution in [2.24, 2.45) is 22.9 Å². The zero-order valence-electron chi connectivity index (χ0n) is 8.86. The van der Waals surface area contributed by atoms with Gasteiger partial charge in [0.05, 0.1) is 4.75 Å². The van der Waals surface area contributed by atoms with Gasteiger partial charge >= 0.3 is 0 Å². The van der Waals surface area contributed by atoms with Crippen molar-refractivity contribution in [3.8, 4) is 0 Å². The topological polar surface area (TPSA) is 60.2 Å². The van der Waals surface area contributed by atoms with Crippen molar-refractivity contribution in [1.82, 2.24) is 0 Å². The summed E-state index contributed by atoms with van der Waals surface area (Å²) in [5.74, 6) is 1.66. The molecule has 0 spiro atoms. The molecule has 0 aliphatic heterocycles. The molecule has 3 nitrogen and oxygen atoms in total. The standard InChI is InChI=1S/C10H19NO2S/c1-10(2,14(11,12)13)9-6-7-3-4-8(9)5-7/h7-9H,3-6H2,1-2H3,(H2,11,12,13). The number of fused-ring (bicyclic) bond motifs is 2. The largest absolute Gasteiger partial charge is 0.228 e. The molecule has 2 aliphatic carbocycles. The highest BCUT2D eigenvalue weighted by atomic mass is 32.2. The Bertz CT molecular complexity index is 334. The van der Waals surface area contributed by atoms with E-state index in [0.717, 1.165) is 12.3 Å². The fourth-order valence-corrected chi connectivity index (χ4v) is 4.02. The summed E-state index contributed by atoms with van der Waals surface area (Å²) < 4.78 is 22.3. The second-order valence-electron chi connectivity index (χ2n) is 5.43. The van der Waals surface area contributed by atoms with E-state index in [2.05, 4.69) is 0 Å². The minimum Gasteiger partial charge on any atom is -0.228 e. The molecule has 0 saturated heterocycles. The number of nitrogens with two attached hydrogens (primary N) is 1. The third-order valence-corrected chi connectivity index (χ3v) is 6.13. The molecule has 2 N–H and O–H groups in total. The Morgan fingerprint density at radius 2 is 1.86 bits per heavy atom. The Morgan fingerprint density at radius 1 is 1.21 bits per heavy atom. The molecule has 0 radical (unpaired) electrons. The third-order valence-electron chi connectivity index (χ3n) is 4.36. The lowest BCUT2D eigenvalue weighted by atomic mass is 9.80. The lowest BCUT2D eigenvalue weighted by Crippen LogP contribution is -2.46. The second kappa shape index (κ2) is 2.95. The van der Waals surface area contributed by atoms with Gasteiger partial charge in [0.1, 0.15) is 0 Å². The van der Waals surface area contributed by atoms with E-state index in [1.165, 1.54) is 19.3 Å². The first-order valence-electron chi connectivity index (χ1n) is 5.34. The quantitative estimate of drug-likeness (QED) is 0.761. The molecule has 2 rings (SSSR count). The van der Waals surface area contributed by atoms with Gasteiger partial charge in [0, 0.05) is 0 Å². The smallest absolute Gasteiger partial charge is 0.214 e. The molecule has 3 unspecified atom stereocenters.